The number of hydrazine groups is 1. The molecule has 96 valence electrons. The summed E-state index contributed by atoms with van der Waals surface area (Å²) in [6.07, 6.45) is 6.69. The Morgan fingerprint density at radius 2 is 2.00 bits per heavy atom. The summed E-state index contributed by atoms with van der Waals surface area (Å²) in [4.78, 5) is 0. The van der Waals surface area contributed by atoms with E-state index in [0.717, 1.165) is 0 Å². The minimum atomic E-state index is 0.313. The van der Waals surface area contributed by atoms with Gasteiger partial charge in [-0.2, -0.15) is 0 Å². The van der Waals surface area contributed by atoms with Gasteiger partial charge in [-0.25, -0.2) is 0 Å². The van der Waals surface area contributed by atoms with Crippen LogP contribution in [0.4, 0.5) is 0 Å². The third-order valence-electron chi connectivity index (χ3n) is 4.15. The topological polar surface area (TPSA) is 38.0 Å². The molecule has 0 aliphatic heterocycles. The lowest BCUT2D eigenvalue weighted by atomic mass is 9.81. The van der Waals surface area contributed by atoms with E-state index in [-0.39, 0.29) is 0 Å². The van der Waals surface area contributed by atoms with Crippen LogP contribution >= 0.6 is 11.3 Å². The molecule has 3 rings (SSSR count). The zero-order valence-electron chi connectivity index (χ0n) is 10.6. The van der Waals surface area contributed by atoms with Gasteiger partial charge < -0.3 is 0 Å². The van der Waals surface area contributed by atoms with Crippen LogP contribution in [0.15, 0.2) is 29.6 Å². The standard InChI is InChI=1S/C15H20N2S/c16-17-14(11-5-2-1-3-6-11)13-8-4-7-12-9-10-18-15(12)13/h4,7-11,14,17H,1-3,5-6,16H2. The van der Waals surface area contributed by atoms with Crippen LogP contribution in [0.5, 0.6) is 0 Å². The van der Waals surface area contributed by atoms with E-state index in [4.69, 9.17) is 5.84 Å². The number of fused-ring (bicyclic) bond motifs is 1. The molecule has 3 N–H and O–H groups in total. The average molecular weight is 260 g/mol. The zero-order chi connectivity index (χ0) is 12.4. The predicted molar refractivity (Wildman–Crippen MR) is 78.5 cm³/mol. The van der Waals surface area contributed by atoms with Crippen molar-refractivity contribution in [3.63, 3.8) is 0 Å². The van der Waals surface area contributed by atoms with Crippen LogP contribution in [0.1, 0.15) is 43.7 Å². The molecule has 0 spiro atoms. The quantitative estimate of drug-likeness (QED) is 0.647. The van der Waals surface area contributed by atoms with Crippen molar-refractivity contribution in [2.45, 2.75) is 38.1 Å². The molecule has 0 amide bonds. The minimum absolute atomic E-state index is 0.313. The molecule has 3 heteroatoms. The summed E-state index contributed by atoms with van der Waals surface area (Å²) >= 11 is 1.83. The third kappa shape index (κ3) is 2.18. The molecule has 1 aromatic carbocycles. The molecule has 1 aliphatic rings. The molecule has 1 aromatic heterocycles. The summed E-state index contributed by atoms with van der Waals surface area (Å²) in [5.74, 6) is 6.54. The van der Waals surface area contributed by atoms with Crippen molar-refractivity contribution in [3.05, 3.63) is 35.2 Å². The van der Waals surface area contributed by atoms with Gasteiger partial charge in [-0.15, -0.1) is 11.3 Å². The van der Waals surface area contributed by atoms with Crippen LogP contribution in [-0.4, -0.2) is 0 Å². The first-order chi connectivity index (χ1) is 8.90. The van der Waals surface area contributed by atoms with E-state index in [2.05, 4.69) is 35.1 Å². The molecule has 2 aromatic rings. The number of thiophene rings is 1. The lowest BCUT2D eigenvalue weighted by Gasteiger charge is -2.30. The van der Waals surface area contributed by atoms with Gasteiger partial charge in [0.15, 0.2) is 0 Å². The number of rotatable bonds is 3. The summed E-state index contributed by atoms with van der Waals surface area (Å²) in [6, 6.07) is 9.07. The molecule has 1 fully saturated rings. The van der Waals surface area contributed by atoms with Gasteiger partial charge in [0.05, 0.1) is 6.04 Å². The maximum atomic E-state index is 5.85. The fourth-order valence-corrected chi connectivity index (χ4v) is 4.16. The third-order valence-corrected chi connectivity index (χ3v) is 5.12. The van der Waals surface area contributed by atoms with Gasteiger partial charge in [-0.05, 0) is 41.2 Å². The first-order valence-electron chi connectivity index (χ1n) is 6.82. The van der Waals surface area contributed by atoms with Crippen molar-refractivity contribution in [2.75, 3.05) is 0 Å². The molecule has 1 aliphatic carbocycles. The number of hydrogen-bond acceptors (Lipinski definition) is 3. The second-order valence-corrected chi connectivity index (χ2v) is 6.14. The lowest BCUT2D eigenvalue weighted by Crippen LogP contribution is -2.34. The number of hydrogen-bond donors (Lipinski definition) is 2. The van der Waals surface area contributed by atoms with Gasteiger partial charge in [0.2, 0.25) is 0 Å². The first-order valence-corrected chi connectivity index (χ1v) is 7.70. The van der Waals surface area contributed by atoms with Crippen molar-refractivity contribution in [3.8, 4) is 0 Å². The number of benzene rings is 1. The van der Waals surface area contributed by atoms with E-state index in [1.807, 2.05) is 11.3 Å². The summed E-state index contributed by atoms with van der Waals surface area (Å²) in [5.41, 5.74) is 4.46. The Labute approximate surface area is 112 Å². The molecule has 0 bridgehead atoms. The largest absolute Gasteiger partial charge is 0.271 e. The maximum Gasteiger partial charge on any atom is 0.0502 e. The fraction of sp³-hybridized carbons (Fsp3) is 0.467. The Balaban J connectivity index is 1.97. The Bertz CT molecular complexity index is 514. The molecule has 18 heavy (non-hydrogen) atoms. The second-order valence-electron chi connectivity index (χ2n) is 5.23. The SMILES string of the molecule is NNC(c1cccc2ccsc12)C1CCCCC1. The van der Waals surface area contributed by atoms with Crippen molar-refractivity contribution in [2.24, 2.45) is 11.8 Å². The van der Waals surface area contributed by atoms with E-state index in [1.54, 1.807) is 0 Å². The van der Waals surface area contributed by atoms with Crippen molar-refractivity contribution in [1.82, 2.24) is 5.43 Å². The maximum absolute atomic E-state index is 5.85. The predicted octanol–water partition coefficient (Wildman–Crippen LogP) is 3.99. The average Bonchev–Trinajstić information content (AvgIpc) is 2.90. The molecular weight excluding hydrogens is 240 g/mol. The van der Waals surface area contributed by atoms with Gasteiger partial charge in [0.25, 0.3) is 0 Å². The van der Waals surface area contributed by atoms with Crippen LogP contribution in [0.25, 0.3) is 10.1 Å². The molecule has 2 nitrogen and oxygen atoms in total. The molecular formula is C15H20N2S. The van der Waals surface area contributed by atoms with E-state index in [9.17, 15) is 0 Å². The molecule has 1 atom stereocenters. The highest BCUT2D eigenvalue weighted by Crippen LogP contribution is 2.38. The minimum Gasteiger partial charge on any atom is -0.271 e. The highest BCUT2D eigenvalue weighted by atomic mass is 32.1. The lowest BCUT2D eigenvalue weighted by molar-refractivity contribution is 0.275. The Morgan fingerprint density at radius 1 is 1.17 bits per heavy atom. The van der Waals surface area contributed by atoms with Crippen molar-refractivity contribution in [1.29, 1.82) is 0 Å². The van der Waals surface area contributed by atoms with Crippen molar-refractivity contribution < 1.29 is 0 Å². The van der Waals surface area contributed by atoms with Crippen LogP contribution in [-0.2, 0) is 0 Å². The van der Waals surface area contributed by atoms with E-state index in [0.29, 0.717) is 12.0 Å². The van der Waals surface area contributed by atoms with Crippen LogP contribution < -0.4 is 11.3 Å². The van der Waals surface area contributed by atoms with E-state index < -0.39 is 0 Å². The molecule has 1 saturated carbocycles. The van der Waals surface area contributed by atoms with E-state index in [1.165, 1.54) is 47.8 Å². The first kappa shape index (κ1) is 12.2. The Kier molecular flexibility index (Phi) is 3.64. The second kappa shape index (κ2) is 5.39. The summed E-state index contributed by atoms with van der Waals surface area (Å²) in [5, 5.41) is 3.51. The van der Waals surface area contributed by atoms with Crippen LogP contribution in [0, 0.1) is 5.92 Å². The Hall–Kier alpha value is -0.900. The molecule has 0 radical (unpaired) electrons. The fourth-order valence-electron chi connectivity index (χ4n) is 3.21. The zero-order valence-corrected chi connectivity index (χ0v) is 11.4. The molecule has 0 saturated heterocycles. The normalized spacial score (nSPS) is 19.2. The van der Waals surface area contributed by atoms with Gasteiger partial charge >= 0.3 is 0 Å². The molecule has 1 unspecified atom stereocenters. The summed E-state index contributed by atoms with van der Waals surface area (Å²) in [7, 11) is 0. The van der Waals surface area contributed by atoms with Crippen LogP contribution in [0.2, 0.25) is 0 Å². The van der Waals surface area contributed by atoms with Gasteiger partial charge in [-0.3, -0.25) is 11.3 Å². The van der Waals surface area contributed by atoms with Gasteiger partial charge in [0.1, 0.15) is 0 Å². The van der Waals surface area contributed by atoms with Crippen molar-refractivity contribution >= 4 is 21.4 Å². The van der Waals surface area contributed by atoms with Crippen LogP contribution in [0.3, 0.4) is 0 Å². The summed E-state index contributed by atoms with van der Waals surface area (Å²) in [6.45, 7) is 0. The highest BCUT2D eigenvalue weighted by molar-refractivity contribution is 7.17. The Morgan fingerprint density at radius 3 is 2.78 bits per heavy atom. The monoisotopic (exact) mass is 260 g/mol. The smallest absolute Gasteiger partial charge is 0.0502 e. The number of nitrogens with two attached hydrogens (primary N) is 1. The molecule has 1 heterocycles. The van der Waals surface area contributed by atoms with Gasteiger partial charge in [-0.1, -0.05) is 37.5 Å². The number of nitrogens with one attached hydrogen (secondary N) is 1. The van der Waals surface area contributed by atoms with Gasteiger partial charge in [0, 0.05) is 4.70 Å². The summed E-state index contributed by atoms with van der Waals surface area (Å²) < 4.78 is 1.39. The van der Waals surface area contributed by atoms with E-state index >= 15 is 0 Å². The highest BCUT2D eigenvalue weighted by Gasteiger charge is 2.25.